The zero-order chi connectivity index (χ0) is 19.5. The summed E-state index contributed by atoms with van der Waals surface area (Å²) in [5.41, 5.74) is 4.01. The predicted octanol–water partition coefficient (Wildman–Crippen LogP) is 2.30. The largest absolute Gasteiger partial charge is 0.337 e. The highest BCUT2D eigenvalue weighted by Crippen LogP contribution is 2.14. The van der Waals surface area contributed by atoms with Gasteiger partial charge in [0.1, 0.15) is 0 Å². The van der Waals surface area contributed by atoms with Crippen molar-refractivity contribution in [1.82, 2.24) is 24.6 Å². The van der Waals surface area contributed by atoms with Gasteiger partial charge in [0.15, 0.2) is 0 Å². The Hall–Kier alpha value is -3.22. The molecule has 1 aromatic carbocycles. The van der Waals surface area contributed by atoms with Crippen molar-refractivity contribution >= 4 is 11.9 Å². The second-order valence-electron chi connectivity index (χ2n) is 7.11. The molecule has 0 spiro atoms. The van der Waals surface area contributed by atoms with Gasteiger partial charge in [-0.15, -0.1) is 0 Å². The van der Waals surface area contributed by atoms with Crippen LogP contribution in [0.5, 0.6) is 0 Å². The minimum absolute atomic E-state index is 0.0753. The Kier molecular flexibility index (Phi) is 5.06. The van der Waals surface area contributed by atoms with Gasteiger partial charge in [0.2, 0.25) is 5.95 Å². The lowest BCUT2D eigenvalue weighted by atomic mass is 10.1. The van der Waals surface area contributed by atoms with Crippen LogP contribution in [0.2, 0.25) is 0 Å². The third-order valence-corrected chi connectivity index (χ3v) is 5.04. The van der Waals surface area contributed by atoms with Crippen molar-refractivity contribution < 1.29 is 4.79 Å². The summed E-state index contributed by atoms with van der Waals surface area (Å²) in [5, 5.41) is 4.50. The van der Waals surface area contributed by atoms with Crippen LogP contribution in [0.25, 0.3) is 0 Å². The number of hydrogen-bond donors (Lipinski definition) is 0. The molecule has 1 fully saturated rings. The first-order valence-electron chi connectivity index (χ1n) is 9.51. The third-order valence-electron chi connectivity index (χ3n) is 5.04. The minimum atomic E-state index is 0.0753. The number of hydrogen-bond acceptors (Lipinski definition) is 5. The van der Waals surface area contributed by atoms with Gasteiger partial charge in [-0.1, -0.05) is 12.1 Å². The Morgan fingerprint density at radius 3 is 2.29 bits per heavy atom. The Morgan fingerprint density at radius 2 is 1.68 bits per heavy atom. The molecule has 0 N–H and O–H groups in total. The van der Waals surface area contributed by atoms with Gasteiger partial charge in [0, 0.05) is 49.8 Å². The number of carbonyl (C=O) groups excluding carboxylic acids is 1. The number of benzene rings is 1. The van der Waals surface area contributed by atoms with E-state index in [4.69, 9.17) is 0 Å². The van der Waals surface area contributed by atoms with Crippen molar-refractivity contribution in [2.24, 2.45) is 0 Å². The number of rotatable bonds is 4. The quantitative estimate of drug-likeness (QED) is 0.699. The molecule has 1 saturated heterocycles. The average molecular weight is 376 g/mol. The number of piperazine rings is 1. The lowest BCUT2D eigenvalue weighted by Gasteiger charge is -2.34. The minimum Gasteiger partial charge on any atom is -0.337 e. The average Bonchev–Trinajstić information content (AvgIpc) is 3.05. The van der Waals surface area contributed by atoms with Crippen LogP contribution < -0.4 is 4.90 Å². The van der Waals surface area contributed by atoms with E-state index in [1.807, 2.05) is 46.8 Å². The van der Waals surface area contributed by atoms with Crippen LogP contribution in [0.3, 0.4) is 0 Å². The highest BCUT2D eigenvalue weighted by Gasteiger charge is 2.23. The standard InChI is InChI=1S/C21H24N6O/c1-16-14-17(2)27(24-16)15-18-4-6-19(7-5-18)20(28)25-10-12-26(13-11-25)21-22-8-3-9-23-21/h3-9,14H,10-13,15H2,1-2H3. The van der Waals surface area contributed by atoms with Gasteiger partial charge in [-0.25, -0.2) is 9.97 Å². The molecule has 7 nitrogen and oxygen atoms in total. The monoisotopic (exact) mass is 376 g/mol. The van der Waals surface area contributed by atoms with Crippen molar-refractivity contribution in [1.29, 1.82) is 0 Å². The molecule has 3 aromatic rings. The first-order valence-corrected chi connectivity index (χ1v) is 9.51. The lowest BCUT2D eigenvalue weighted by molar-refractivity contribution is 0.0746. The highest BCUT2D eigenvalue weighted by molar-refractivity contribution is 5.94. The molecule has 0 atom stereocenters. The van der Waals surface area contributed by atoms with Gasteiger partial charge < -0.3 is 9.80 Å². The molecule has 4 rings (SSSR count). The van der Waals surface area contributed by atoms with Crippen LogP contribution >= 0.6 is 0 Å². The van der Waals surface area contributed by atoms with Crippen LogP contribution in [0.1, 0.15) is 27.3 Å². The molecular weight excluding hydrogens is 352 g/mol. The molecule has 0 radical (unpaired) electrons. The fourth-order valence-electron chi connectivity index (χ4n) is 3.51. The summed E-state index contributed by atoms with van der Waals surface area (Å²) in [6.45, 7) is 7.59. The number of nitrogens with zero attached hydrogens (tertiary/aromatic N) is 6. The van der Waals surface area contributed by atoms with Crippen molar-refractivity contribution in [3.63, 3.8) is 0 Å². The van der Waals surface area contributed by atoms with Gasteiger partial charge in [0.05, 0.1) is 12.2 Å². The molecule has 144 valence electrons. The summed E-state index contributed by atoms with van der Waals surface area (Å²) >= 11 is 0. The zero-order valence-corrected chi connectivity index (χ0v) is 16.2. The number of anilines is 1. The topological polar surface area (TPSA) is 67.2 Å². The third kappa shape index (κ3) is 3.88. The van der Waals surface area contributed by atoms with E-state index in [0.717, 1.165) is 41.6 Å². The molecule has 28 heavy (non-hydrogen) atoms. The fraction of sp³-hybridized carbons (Fsp3) is 0.333. The van der Waals surface area contributed by atoms with E-state index >= 15 is 0 Å². The van der Waals surface area contributed by atoms with E-state index in [0.29, 0.717) is 19.6 Å². The molecule has 0 bridgehead atoms. The Balaban J connectivity index is 1.37. The van der Waals surface area contributed by atoms with Crippen LogP contribution in [0, 0.1) is 13.8 Å². The molecule has 7 heteroatoms. The van der Waals surface area contributed by atoms with Crippen molar-refractivity contribution in [2.45, 2.75) is 20.4 Å². The van der Waals surface area contributed by atoms with Crippen LogP contribution in [0.4, 0.5) is 5.95 Å². The van der Waals surface area contributed by atoms with E-state index in [1.165, 1.54) is 0 Å². The summed E-state index contributed by atoms with van der Waals surface area (Å²) in [7, 11) is 0. The van der Waals surface area contributed by atoms with Crippen LogP contribution in [-0.2, 0) is 6.54 Å². The normalized spacial score (nSPS) is 14.4. The Labute approximate surface area is 164 Å². The van der Waals surface area contributed by atoms with E-state index in [9.17, 15) is 4.79 Å². The molecule has 0 unspecified atom stereocenters. The molecule has 0 aliphatic carbocycles. The van der Waals surface area contributed by atoms with E-state index in [-0.39, 0.29) is 5.91 Å². The smallest absolute Gasteiger partial charge is 0.253 e. The van der Waals surface area contributed by atoms with Gasteiger partial charge in [-0.05, 0) is 43.7 Å². The first-order chi connectivity index (χ1) is 13.6. The van der Waals surface area contributed by atoms with E-state index < -0.39 is 0 Å². The van der Waals surface area contributed by atoms with Gasteiger partial charge in [0.25, 0.3) is 5.91 Å². The van der Waals surface area contributed by atoms with Gasteiger partial charge >= 0.3 is 0 Å². The summed E-state index contributed by atoms with van der Waals surface area (Å²) in [6, 6.07) is 11.7. The molecule has 1 amide bonds. The molecule has 3 heterocycles. The van der Waals surface area contributed by atoms with Gasteiger partial charge in [-0.2, -0.15) is 5.10 Å². The van der Waals surface area contributed by atoms with Crippen molar-refractivity contribution in [2.75, 3.05) is 31.1 Å². The highest BCUT2D eigenvalue weighted by atomic mass is 16.2. The van der Waals surface area contributed by atoms with E-state index in [1.54, 1.807) is 12.4 Å². The zero-order valence-electron chi connectivity index (χ0n) is 16.2. The maximum Gasteiger partial charge on any atom is 0.253 e. The molecular formula is C21H24N6O. The summed E-state index contributed by atoms with van der Waals surface area (Å²) in [6.07, 6.45) is 3.49. The van der Waals surface area contributed by atoms with E-state index in [2.05, 4.69) is 33.0 Å². The maximum absolute atomic E-state index is 12.8. The predicted molar refractivity (Wildman–Crippen MR) is 107 cm³/mol. The maximum atomic E-state index is 12.8. The SMILES string of the molecule is Cc1cc(C)n(Cc2ccc(C(=O)N3CCN(c4ncccn4)CC3)cc2)n1. The van der Waals surface area contributed by atoms with Crippen molar-refractivity contribution in [3.8, 4) is 0 Å². The molecule has 0 saturated carbocycles. The second kappa shape index (κ2) is 7.80. The van der Waals surface area contributed by atoms with Gasteiger partial charge in [-0.3, -0.25) is 9.48 Å². The van der Waals surface area contributed by atoms with Crippen LogP contribution in [-0.4, -0.2) is 56.7 Å². The van der Waals surface area contributed by atoms with Crippen molar-refractivity contribution in [3.05, 3.63) is 71.3 Å². The number of aryl methyl sites for hydroxylation is 2. The fourth-order valence-corrected chi connectivity index (χ4v) is 3.51. The summed E-state index contributed by atoms with van der Waals surface area (Å²) in [5.74, 6) is 0.800. The molecule has 2 aromatic heterocycles. The number of carbonyl (C=O) groups is 1. The number of amides is 1. The molecule has 1 aliphatic heterocycles. The summed E-state index contributed by atoms with van der Waals surface area (Å²) < 4.78 is 1.98. The number of aromatic nitrogens is 4. The first kappa shape index (κ1) is 18.2. The Bertz CT molecular complexity index is 943. The molecule has 1 aliphatic rings. The summed E-state index contributed by atoms with van der Waals surface area (Å²) in [4.78, 5) is 25.4. The van der Waals surface area contributed by atoms with Crippen LogP contribution in [0.15, 0.2) is 48.8 Å². The Morgan fingerprint density at radius 1 is 1.00 bits per heavy atom. The second-order valence-corrected chi connectivity index (χ2v) is 7.11. The lowest BCUT2D eigenvalue weighted by Crippen LogP contribution is -2.49.